The third-order valence-electron chi connectivity index (χ3n) is 3.46. The van der Waals surface area contributed by atoms with Crippen LogP contribution in [0.4, 0.5) is 5.82 Å². The first kappa shape index (κ1) is 13.1. The number of hydrogen-bond acceptors (Lipinski definition) is 4. The van der Waals surface area contributed by atoms with Gasteiger partial charge in [-0.15, -0.1) is 10.2 Å². The van der Waals surface area contributed by atoms with Crippen molar-refractivity contribution in [3.8, 4) is 0 Å². The lowest BCUT2D eigenvalue weighted by atomic mass is 10.2. The Morgan fingerprint density at radius 2 is 1.72 bits per heavy atom. The molecule has 2 heterocycles. The lowest BCUT2D eigenvalue weighted by molar-refractivity contribution is -0.129. The van der Waals surface area contributed by atoms with Crippen molar-refractivity contribution in [3.05, 3.63) is 16.3 Å². The highest BCUT2D eigenvalue weighted by atomic mass is 35.5. The maximum Gasteiger partial charge on any atom is 0.219 e. The molecule has 1 aromatic rings. The van der Waals surface area contributed by atoms with E-state index in [0.717, 1.165) is 43.1 Å². The summed E-state index contributed by atoms with van der Waals surface area (Å²) in [5.41, 5.74) is 2.03. The van der Waals surface area contributed by atoms with Gasteiger partial charge in [0.2, 0.25) is 5.91 Å². The summed E-state index contributed by atoms with van der Waals surface area (Å²) in [6.07, 6.45) is 0. The molecule has 0 N–H and O–H groups in total. The number of rotatable bonds is 1. The van der Waals surface area contributed by atoms with Gasteiger partial charge in [-0.05, 0) is 25.0 Å². The van der Waals surface area contributed by atoms with Crippen LogP contribution in [0.3, 0.4) is 0 Å². The largest absolute Gasteiger partial charge is 0.351 e. The summed E-state index contributed by atoms with van der Waals surface area (Å²) in [4.78, 5) is 15.3. The van der Waals surface area contributed by atoms with Gasteiger partial charge in [0.1, 0.15) is 0 Å². The quantitative estimate of drug-likeness (QED) is 0.773. The first-order valence-corrected chi connectivity index (χ1v) is 6.38. The minimum Gasteiger partial charge on any atom is -0.351 e. The van der Waals surface area contributed by atoms with E-state index in [9.17, 15) is 4.79 Å². The van der Waals surface area contributed by atoms with Crippen LogP contribution in [0.5, 0.6) is 0 Å². The van der Waals surface area contributed by atoms with Crippen LogP contribution in [-0.4, -0.2) is 47.2 Å². The molecule has 1 aromatic heterocycles. The van der Waals surface area contributed by atoms with Gasteiger partial charge in [0.05, 0.1) is 0 Å². The Hall–Kier alpha value is -1.36. The summed E-state index contributed by atoms with van der Waals surface area (Å²) in [6.45, 7) is 8.60. The molecule has 18 heavy (non-hydrogen) atoms. The molecule has 0 unspecified atom stereocenters. The van der Waals surface area contributed by atoms with Gasteiger partial charge < -0.3 is 9.80 Å². The summed E-state index contributed by atoms with van der Waals surface area (Å²) in [7, 11) is 0. The average molecular weight is 269 g/mol. The molecule has 5 nitrogen and oxygen atoms in total. The molecule has 1 aliphatic heterocycles. The average Bonchev–Trinajstić information content (AvgIpc) is 2.36. The van der Waals surface area contributed by atoms with Crippen molar-refractivity contribution < 1.29 is 4.79 Å². The summed E-state index contributed by atoms with van der Waals surface area (Å²) >= 11 is 5.94. The second-order valence-electron chi connectivity index (χ2n) is 4.56. The molecule has 0 bridgehead atoms. The Balaban J connectivity index is 2.15. The van der Waals surface area contributed by atoms with Gasteiger partial charge in [0.25, 0.3) is 0 Å². The molecule has 1 aliphatic rings. The van der Waals surface area contributed by atoms with Gasteiger partial charge in [-0.3, -0.25) is 4.79 Å². The SMILES string of the molecule is CC(=O)N1CCN(c2nnc(Cl)c(C)c2C)CC1. The number of carbonyl (C=O) groups excluding carboxylic acids is 1. The minimum atomic E-state index is 0.129. The summed E-state index contributed by atoms with van der Waals surface area (Å²) in [5.74, 6) is 1.00. The van der Waals surface area contributed by atoms with Gasteiger partial charge in [-0.1, -0.05) is 11.6 Å². The normalized spacial score (nSPS) is 16.0. The Labute approximate surface area is 112 Å². The molecule has 98 valence electrons. The number of piperazine rings is 1. The highest BCUT2D eigenvalue weighted by Gasteiger charge is 2.22. The van der Waals surface area contributed by atoms with Gasteiger partial charge in [0, 0.05) is 33.1 Å². The van der Waals surface area contributed by atoms with Crippen molar-refractivity contribution in [2.24, 2.45) is 0 Å². The molecule has 0 saturated carbocycles. The van der Waals surface area contributed by atoms with Crippen molar-refractivity contribution >= 4 is 23.3 Å². The maximum atomic E-state index is 11.3. The molecule has 0 atom stereocenters. The Kier molecular flexibility index (Phi) is 3.71. The predicted molar refractivity (Wildman–Crippen MR) is 71.0 cm³/mol. The Bertz CT molecular complexity index is 469. The Morgan fingerprint density at radius 1 is 1.11 bits per heavy atom. The van der Waals surface area contributed by atoms with Crippen LogP contribution in [0.2, 0.25) is 5.15 Å². The molecular formula is C12H17ClN4O. The molecular weight excluding hydrogens is 252 g/mol. The van der Waals surface area contributed by atoms with E-state index in [1.54, 1.807) is 6.92 Å². The fourth-order valence-corrected chi connectivity index (χ4v) is 2.28. The van der Waals surface area contributed by atoms with E-state index in [1.807, 2.05) is 18.7 Å². The lowest BCUT2D eigenvalue weighted by Crippen LogP contribution is -2.48. The molecule has 6 heteroatoms. The van der Waals surface area contributed by atoms with Crippen molar-refractivity contribution in [1.82, 2.24) is 15.1 Å². The number of halogens is 1. The second-order valence-corrected chi connectivity index (χ2v) is 4.92. The number of amides is 1. The highest BCUT2D eigenvalue weighted by molar-refractivity contribution is 6.30. The molecule has 1 amide bonds. The van der Waals surface area contributed by atoms with Crippen molar-refractivity contribution in [2.45, 2.75) is 20.8 Å². The molecule has 0 spiro atoms. The van der Waals surface area contributed by atoms with Crippen LogP contribution < -0.4 is 4.90 Å². The first-order valence-electron chi connectivity index (χ1n) is 6.00. The molecule has 0 aliphatic carbocycles. The molecule has 0 radical (unpaired) electrons. The van der Waals surface area contributed by atoms with Gasteiger partial charge in [-0.2, -0.15) is 0 Å². The molecule has 1 saturated heterocycles. The van der Waals surface area contributed by atoms with E-state index in [1.165, 1.54) is 0 Å². The predicted octanol–water partition coefficient (Wildman–Crippen LogP) is 1.42. The van der Waals surface area contributed by atoms with Crippen molar-refractivity contribution in [1.29, 1.82) is 0 Å². The number of anilines is 1. The number of aromatic nitrogens is 2. The molecule has 2 rings (SSSR count). The van der Waals surface area contributed by atoms with Gasteiger partial charge in [-0.25, -0.2) is 0 Å². The molecule has 0 aromatic carbocycles. The number of nitrogens with zero attached hydrogens (tertiary/aromatic N) is 4. The van der Waals surface area contributed by atoms with E-state index in [-0.39, 0.29) is 5.91 Å². The van der Waals surface area contributed by atoms with Crippen molar-refractivity contribution in [2.75, 3.05) is 31.1 Å². The van der Waals surface area contributed by atoms with Crippen LogP contribution >= 0.6 is 11.6 Å². The van der Waals surface area contributed by atoms with Crippen LogP contribution in [0.15, 0.2) is 0 Å². The topological polar surface area (TPSA) is 49.3 Å². The van der Waals surface area contributed by atoms with Gasteiger partial charge in [0.15, 0.2) is 11.0 Å². The van der Waals surface area contributed by atoms with E-state index in [0.29, 0.717) is 5.15 Å². The highest BCUT2D eigenvalue weighted by Crippen LogP contribution is 2.24. The van der Waals surface area contributed by atoms with E-state index in [2.05, 4.69) is 15.1 Å². The number of hydrogen-bond donors (Lipinski definition) is 0. The maximum absolute atomic E-state index is 11.3. The van der Waals surface area contributed by atoms with Crippen LogP contribution in [0.1, 0.15) is 18.1 Å². The van der Waals surface area contributed by atoms with Crippen molar-refractivity contribution in [3.63, 3.8) is 0 Å². The summed E-state index contributed by atoms with van der Waals surface area (Å²) < 4.78 is 0. The van der Waals surface area contributed by atoms with E-state index < -0.39 is 0 Å². The third-order valence-corrected chi connectivity index (χ3v) is 3.82. The zero-order chi connectivity index (χ0) is 13.3. The fourth-order valence-electron chi connectivity index (χ4n) is 2.10. The smallest absolute Gasteiger partial charge is 0.219 e. The second kappa shape index (κ2) is 5.10. The number of carbonyl (C=O) groups is 1. The molecule has 1 fully saturated rings. The monoisotopic (exact) mass is 268 g/mol. The fraction of sp³-hybridized carbons (Fsp3) is 0.583. The summed E-state index contributed by atoms with van der Waals surface area (Å²) in [6, 6.07) is 0. The summed E-state index contributed by atoms with van der Waals surface area (Å²) in [5, 5.41) is 8.59. The van der Waals surface area contributed by atoms with E-state index in [4.69, 9.17) is 11.6 Å². The zero-order valence-electron chi connectivity index (χ0n) is 10.9. The van der Waals surface area contributed by atoms with Crippen LogP contribution in [-0.2, 0) is 4.79 Å². The van der Waals surface area contributed by atoms with Crippen LogP contribution in [0, 0.1) is 13.8 Å². The standard InChI is InChI=1S/C12H17ClN4O/c1-8-9(2)12(15-14-11(8)13)17-6-4-16(5-7-17)10(3)18/h4-7H2,1-3H3. The Morgan fingerprint density at radius 3 is 2.28 bits per heavy atom. The van der Waals surface area contributed by atoms with E-state index >= 15 is 0 Å². The lowest BCUT2D eigenvalue weighted by Gasteiger charge is -2.35. The zero-order valence-corrected chi connectivity index (χ0v) is 11.7. The third kappa shape index (κ3) is 2.41. The van der Waals surface area contributed by atoms with Gasteiger partial charge >= 0.3 is 0 Å². The first-order chi connectivity index (χ1) is 8.50. The van der Waals surface area contributed by atoms with Crippen LogP contribution in [0.25, 0.3) is 0 Å². The minimum absolute atomic E-state index is 0.129.